The van der Waals surface area contributed by atoms with Gasteiger partial charge in [-0.05, 0) is 56.7 Å². The maximum Gasteiger partial charge on any atom is 0.325 e. The van der Waals surface area contributed by atoms with Crippen LogP contribution in [0.5, 0.6) is 5.75 Å². The number of carbonyl (C=O) groups excluding carboxylic acids is 2. The first-order chi connectivity index (χ1) is 13.8. The predicted molar refractivity (Wildman–Crippen MR) is 109 cm³/mol. The molecule has 0 saturated carbocycles. The van der Waals surface area contributed by atoms with Crippen LogP contribution in [0.25, 0.3) is 6.08 Å². The molecule has 7 heteroatoms. The van der Waals surface area contributed by atoms with E-state index in [4.69, 9.17) is 9.84 Å². The van der Waals surface area contributed by atoms with Crippen LogP contribution in [0, 0.1) is 0 Å². The molecule has 2 amide bonds. The number of hydrogen-bond donors (Lipinski definition) is 3. The van der Waals surface area contributed by atoms with Crippen molar-refractivity contribution in [2.45, 2.75) is 32.9 Å². The lowest BCUT2D eigenvalue weighted by Crippen LogP contribution is -2.42. The Balaban J connectivity index is 2.27. The van der Waals surface area contributed by atoms with Gasteiger partial charge in [-0.15, -0.1) is 0 Å². The van der Waals surface area contributed by atoms with Gasteiger partial charge in [0.05, 0.1) is 6.10 Å². The van der Waals surface area contributed by atoms with E-state index in [-0.39, 0.29) is 11.8 Å². The Hall–Kier alpha value is -3.61. The molecule has 0 bridgehead atoms. The third-order valence-electron chi connectivity index (χ3n) is 3.81. The predicted octanol–water partition coefficient (Wildman–Crippen LogP) is 2.83. The summed E-state index contributed by atoms with van der Waals surface area (Å²) in [4.78, 5) is 36.1. The van der Waals surface area contributed by atoms with E-state index in [2.05, 4.69) is 10.6 Å². The lowest BCUT2D eigenvalue weighted by atomic mass is 10.1. The minimum Gasteiger partial charge on any atom is -0.491 e. The smallest absolute Gasteiger partial charge is 0.325 e. The van der Waals surface area contributed by atoms with Crippen LogP contribution in [0.1, 0.15) is 36.7 Å². The van der Waals surface area contributed by atoms with Gasteiger partial charge in [0.1, 0.15) is 17.5 Å². The minimum atomic E-state index is -1.18. The molecule has 0 aliphatic rings. The molecule has 2 rings (SSSR count). The highest BCUT2D eigenvalue weighted by molar-refractivity contribution is 6.06. The van der Waals surface area contributed by atoms with E-state index < -0.39 is 23.8 Å². The lowest BCUT2D eigenvalue weighted by molar-refractivity contribution is -0.140. The second kappa shape index (κ2) is 10.1. The first-order valence-corrected chi connectivity index (χ1v) is 9.14. The standard InChI is InChI=1S/C22H24N2O5/c1-14(2)29-18-11-9-16(10-12-18)13-19(21(26)23-15(3)22(27)28)24-20(25)17-7-5-4-6-8-17/h4-15H,1-3H3,(H,23,26)(H,24,25)(H,27,28)/b19-13-/t15-/m1/s1. The highest BCUT2D eigenvalue weighted by Gasteiger charge is 2.19. The van der Waals surface area contributed by atoms with Crippen LogP contribution in [0.4, 0.5) is 0 Å². The van der Waals surface area contributed by atoms with Crippen LogP contribution in [0.15, 0.2) is 60.3 Å². The fourth-order valence-corrected chi connectivity index (χ4v) is 2.36. The number of carboxylic acids is 1. The van der Waals surface area contributed by atoms with Crippen LogP contribution in [0.3, 0.4) is 0 Å². The van der Waals surface area contributed by atoms with Crippen LogP contribution >= 0.6 is 0 Å². The fourth-order valence-electron chi connectivity index (χ4n) is 2.36. The normalized spacial score (nSPS) is 12.2. The first kappa shape index (κ1) is 21.7. The van der Waals surface area contributed by atoms with Crippen LogP contribution < -0.4 is 15.4 Å². The van der Waals surface area contributed by atoms with Gasteiger partial charge in [-0.25, -0.2) is 0 Å². The van der Waals surface area contributed by atoms with Gasteiger partial charge in [0.15, 0.2) is 0 Å². The SMILES string of the molecule is CC(C)Oc1ccc(/C=C(\NC(=O)c2ccccc2)C(=O)N[C@H](C)C(=O)O)cc1. The molecule has 3 N–H and O–H groups in total. The van der Waals surface area contributed by atoms with Gasteiger partial charge in [-0.3, -0.25) is 14.4 Å². The quantitative estimate of drug-likeness (QED) is 0.595. The summed E-state index contributed by atoms with van der Waals surface area (Å²) >= 11 is 0. The van der Waals surface area contributed by atoms with Gasteiger partial charge < -0.3 is 20.5 Å². The molecule has 2 aromatic carbocycles. The van der Waals surface area contributed by atoms with Crippen molar-refractivity contribution in [2.24, 2.45) is 0 Å². The van der Waals surface area contributed by atoms with Gasteiger partial charge in [-0.2, -0.15) is 0 Å². The van der Waals surface area contributed by atoms with E-state index >= 15 is 0 Å². The van der Waals surface area contributed by atoms with Crippen molar-refractivity contribution in [2.75, 3.05) is 0 Å². The van der Waals surface area contributed by atoms with E-state index in [0.29, 0.717) is 16.9 Å². The number of amides is 2. The molecule has 0 saturated heterocycles. The van der Waals surface area contributed by atoms with Gasteiger partial charge in [0, 0.05) is 5.56 Å². The summed E-state index contributed by atoms with van der Waals surface area (Å²) in [5.41, 5.74) is 0.949. The molecular formula is C22H24N2O5. The third-order valence-corrected chi connectivity index (χ3v) is 3.81. The lowest BCUT2D eigenvalue weighted by Gasteiger charge is -2.14. The summed E-state index contributed by atoms with van der Waals surface area (Å²) in [7, 11) is 0. The van der Waals surface area contributed by atoms with Crippen molar-refractivity contribution >= 4 is 23.9 Å². The molecule has 0 aliphatic carbocycles. The molecule has 2 aromatic rings. The maximum atomic E-state index is 12.6. The van der Waals surface area contributed by atoms with E-state index in [1.807, 2.05) is 13.8 Å². The maximum absolute atomic E-state index is 12.6. The van der Waals surface area contributed by atoms with Gasteiger partial charge in [0.2, 0.25) is 0 Å². The van der Waals surface area contributed by atoms with Gasteiger partial charge in [-0.1, -0.05) is 30.3 Å². The van der Waals surface area contributed by atoms with E-state index in [0.717, 1.165) is 0 Å². The van der Waals surface area contributed by atoms with Crippen molar-refractivity contribution in [1.29, 1.82) is 0 Å². The van der Waals surface area contributed by atoms with E-state index in [1.54, 1.807) is 54.6 Å². The Morgan fingerprint density at radius 3 is 2.14 bits per heavy atom. The minimum absolute atomic E-state index is 0.0281. The average molecular weight is 396 g/mol. The number of benzene rings is 2. The van der Waals surface area contributed by atoms with E-state index in [9.17, 15) is 14.4 Å². The Morgan fingerprint density at radius 2 is 1.59 bits per heavy atom. The summed E-state index contributed by atoms with van der Waals surface area (Å²) in [6.07, 6.45) is 1.50. The summed E-state index contributed by atoms with van der Waals surface area (Å²) in [5, 5.41) is 13.9. The summed E-state index contributed by atoms with van der Waals surface area (Å²) in [6, 6.07) is 14.3. The molecule has 7 nitrogen and oxygen atoms in total. The Morgan fingerprint density at radius 1 is 0.966 bits per heavy atom. The Labute approximate surface area is 169 Å². The topological polar surface area (TPSA) is 105 Å². The second-order valence-electron chi connectivity index (χ2n) is 6.65. The summed E-state index contributed by atoms with van der Waals surface area (Å²) in [5.74, 6) is -1.68. The average Bonchev–Trinajstić information content (AvgIpc) is 2.68. The first-order valence-electron chi connectivity index (χ1n) is 9.14. The molecular weight excluding hydrogens is 372 g/mol. The summed E-state index contributed by atoms with van der Waals surface area (Å²) < 4.78 is 5.59. The summed E-state index contributed by atoms with van der Waals surface area (Å²) in [6.45, 7) is 5.17. The number of rotatable bonds is 8. The van der Waals surface area contributed by atoms with Crippen molar-refractivity contribution in [3.05, 3.63) is 71.4 Å². The number of hydrogen-bond acceptors (Lipinski definition) is 4. The zero-order valence-electron chi connectivity index (χ0n) is 16.5. The molecule has 0 radical (unpaired) electrons. The number of carboxylic acid groups (broad SMARTS) is 1. The fraction of sp³-hybridized carbons (Fsp3) is 0.227. The highest BCUT2D eigenvalue weighted by Crippen LogP contribution is 2.16. The van der Waals surface area contributed by atoms with Crippen molar-refractivity contribution in [1.82, 2.24) is 10.6 Å². The molecule has 0 heterocycles. The second-order valence-corrected chi connectivity index (χ2v) is 6.65. The Bertz CT molecular complexity index is 889. The molecule has 152 valence electrons. The van der Waals surface area contributed by atoms with Crippen molar-refractivity contribution in [3.8, 4) is 5.75 Å². The number of carbonyl (C=O) groups is 3. The zero-order chi connectivity index (χ0) is 21.4. The van der Waals surface area contributed by atoms with Crippen LogP contribution in [-0.2, 0) is 9.59 Å². The number of aliphatic carboxylic acids is 1. The van der Waals surface area contributed by atoms with Crippen LogP contribution in [-0.4, -0.2) is 35.0 Å². The number of ether oxygens (including phenoxy) is 1. The molecule has 0 aromatic heterocycles. The molecule has 29 heavy (non-hydrogen) atoms. The molecule has 0 spiro atoms. The van der Waals surface area contributed by atoms with Crippen LogP contribution in [0.2, 0.25) is 0 Å². The van der Waals surface area contributed by atoms with Crippen molar-refractivity contribution in [3.63, 3.8) is 0 Å². The molecule has 0 unspecified atom stereocenters. The monoisotopic (exact) mass is 396 g/mol. The molecule has 1 atom stereocenters. The Kier molecular flexibility index (Phi) is 7.54. The zero-order valence-corrected chi connectivity index (χ0v) is 16.5. The molecule has 0 fully saturated rings. The highest BCUT2D eigenvalue weighted by atomic mass is 16.5. The van der Waals surface area contributed by atoms with E-state index in [1.165, 1.54) is 13.0 Å². The van der Waals surface area contributed by atoms with Gasteiger partial charge in [0.25, 0.3) is 11.8 Å². The van der Waals surface area contributed by atoms with Crippen molar-refractivity contribution < 1.29 is 24.2 Å². The van der Waals surface area contributed by atoms with Gasteiger partial charge >= 0.3 is 5.97 Å². The third kappa shape index (κ3) is 6.80. The molecule has 0 aliphatic heterocycles. The largest absolute Gasteiger partial charge is 0.491 e. The number of nitrogens with one attached hydrogen (secondary N) is 2.